The third-order valence-corrected chi connectivity index (χ3v) is 7.23. The molecule has 1 aromatic rings. The fraction of sp³-hybridized carbons (Fsp3) is 0.652. The number of aliphatic carboxylic acids is 2. The molecular formula is C23H36O6S2. The average Bonchev–Trinajstić information content (AvgIpc) is 3.21. The van der Waals surface area contributed by atoms with Gasteiger partial charge in [0.15, 0.2) is 0 Å². The molecule has 2 rings (SSSR count). The summed E-state index contributed by atoms with van der Waals surface area (Å²) in [7, 11) is 0. The number of aryl methyl sites for hydroxylation is 1. The van der Waals surface area contributed by atoms with E-state index in [1.807, 2.05) is 17.8 Å². The second kappa shape index (κ2) is 17.2. The first-order valence-corrected chi connectivity index (χ1v) is 13.0. The molecule has 176 valence electrons. The van der Waals surface area contributed by atoms with Crippen LogP contribution in [0.4, 0.5) is 0 Å². The summed E-state index contributed by atoms with van der Waals surface area (Å²) in [5.41, 5.74) is 1.37. The van der Waals surface area contributed by atoms with Crippen molar-refractivity contribution >= 4 is 35.5 Å². The highest BCUT2D eigenvalue weighted by atomic mass is 32.2. The van der Waals surface area contributed by atoms with E-state index in [0.717, 1.165) is 56.2 Å². The van der Waals surface area contributed by atoms with Crippen LogP contribution in [-0.4, -0.2) is 57.6 Å². The lowest BCUT2D eigenvalue weighted by Crippen LogP contribution is -2.07. The van der Waals surface area contributed by atoms with Gasteiger partial charge in [-0.25, -0.2) is 0 Å². The van der Waals surface area contributed by atoms with Gasteiger partial charge in [0.05, 0.1) is 13.2 Å². The summed E-state index contributed by atoms with van der Waals surface area (Å²) in [5.74, 6) is 1.76. The number of hydrogen-bond acceptors (Lipinski definition) is 6. The van der Waals surface area contributed by atoms with Crippen molar-refractivity contribution in [1.29, 1.82) is 0 Å². The zero-order valence-corrected chi connectivity index (χ0v) is 20.2. The van der Waals surface area contributed by atoms with Gasteiger partial charge in [-0.3, -0.25) is 9.59 Å². The van der Waals surface area contributed by atoms with E-state index in [1.165, 1.54) is 5.56 Å². The molecule has 1 fully saturated rings. The molecule has 2 unspecified atom stereocenters. The van der Waals surface area contributed by atoms with Crippen LogP contribution in [0.25, 0.3) is 0 Å². The van der Waals surface area contributed by atoms with Gasteiger partial charge in [-0.1, -0.05) is 38.5 Å². The van der Waals surface area contributed by atoms with E-state index in [-0.39, 0.29) is 18.3 Å². The number of benzene rings is 1. The maximum Gasteiger partial charge on any atom is 0.303 e. The summed E-state index contributed by atoms with van der Waals surface area (Å²) in [6, 6.07) is 8.33. The van der Waals surface area contributed by atoms with Crippen molar-refractivity contribution in [3.63, 3.8) is 0 Å². The van der Waals surface area contributed by atoms with Crippen LogP contribution in [0, 0.1) is 0 Å². The summed E-state index contributed by atoms with van der Waals surface area (Å²) < 4.78 is 11.6. The number of hydrogen-bond donors (Lipinski definition) is 2. The van der Waals surface area contributed by atoms with E-state index in [2.05, 4.69) is 25.1 Å². The van der Waals surface area contributed by atoms with E-state index < -0.39 is 11.9 Å². The first-order chi connectivity index (χ1) is 15.0. The van der Waals surface area contributed by atoms with Gasteiger partial charge in [0.1, 0.15) is 11.2 Å². The molecule has 0 saturated carbocycles. The molecular weight excluding hydrogens is 436 g/mol. The number of rotatable bonds is 14. The smallest absolute Gasteiger partial charge is 0.303 e. The van der Waals surface area contributed by atoms with E-state index in [9.17, 15) is 9.59 Å². The van der Waals surface area contributed by atoms with Gasteiger partial charge in [0.25, 0.3) is 0 Å². The Hall–Kier alpha value is -1.38. The maximum atomic E-state index is 10.6. The zero-order valence-electron chi connectivity index (χ0n) is 18.6. The molecule has 0 aliphatic carbocycles. The number of carbonyl (C=O) groups is 2. The molecule has 31 heavy (non-hydrogen) atoms. The Morgan fingerprint density at radius 2 is 1.94 bits per heavy atom. The molecule has 0 spiro atoms. The van der Waals surface area contributed by atoms with Crippen molar-refractivity contribution in [3.8, 4) is 5.75 Å². The molecule has 2 atom stereocenters. The molecule has 0 bridgehead atoms. The number of carboxylic acids is 2. The predicted molar refractivity (Wildman–Crippen MR) is 128 cm³/mol. The minimum Gasteiger partial charge on any atom is -0.493 e. The molecule has 1 aromatic carbocycles. The Kier molecular flexibility index (Phi) is 15.4. The van der Waals surface area contributed by atoms with E-state index >= 15 is 0 Å². The normalized spacial score (nSPS) is 17.6. The lowest BCUT2D eigenvalue weighted by atomic mass is 10.1. The van der Waals surface area contributed by atoms with E-state index in [1.54, 1.807) is 18.7 Å². The summed E-state index contributed by atoms with van der Waals surface area (Å²) >= 11 is 3.76. The highest BCUT2D eigenvalue weighted by Crippen LogP contribution is 2.32. The molecule has 1 saturated heterocycles. The average molecular weight is 473 g/mol. The van der Waals surface area contributed by atoms with Gasteiger partial charge in [0, 0.05) is 23.8 Å². The summed E-state index contributed by atoms with van der Waals surface area (Å²) in [6.45, 7) is 5.32. The number of unbranched alkanes of at least 4 members (excludes halogenated alkanes) is 1. The van der Waals surface area contributed by atoms with Crippen LogP contribution in [0.5, 0.6) is 5.75 Å². The highest BCUT2D eigenvalue weighted by Gasteiger charge is 2.26. The third kappa shape index (κ3) is 13.6. The van der Waals surface area contributed by atoms with Crippen LogP contribution >= 0.6 is 23.5 Å². The van der Waals surface area contributed by atoms with Crippen LogP contribution < -0.4 is 4.74 Å². The fourth-order valence-corrected chi connectivity index (χ4v) is 5.35. The number of para-hydroxylation sites is 1. The molecule has 1 aliphatic heterocycles. The molecule has 6 nitrogen and oxygen atoms in total. The Morgan fingerprint density at radius 3 is 2.61 bits per heavy atom. The molecule has 1 aliphatic rings. The van der Waals surface area contributed by atoms with Gasteiger partial charge in [-0.05, 0) is 43.1 Å². The lowest BCUT2D eigenvalue weighted by Gasteiger charge is -2.11. The Morgan fingerprint density at radius 1 is 1.19 bits per heavy atom. The first kappa shape index (κ1) is 27.7. The second-order valence-electron chi connectivity index (χ2n) is 7.19. The Labute approximate surface area is 194 Å². The van der Waals surface area contributed by atoms with Crippen LogP contribution in [0.15, 0.2) is 24.3 Å². The van der Waals surface area contributed by atoms with Crippen LogP contribution in [0.3, 0.4) is 0 Å². The molecule has 0 amide bonds. The van der Waals surface area contributed by atoms with Crippen LogP contribution in [0.2, 0.25) is 0 Å². The van der Waals surface area contributed by atoms with E-state index in [0.29, 0.717) is 11.7 Å². The monoisotopic (exact) mass is 472 g/mol. The summed E-state index contributed by atoms with van der Waals surface area (Å²) in [4.78, 5) is 20.0. The largest absolute Gasteiger partial charge is 0.493 e. The van der Waals surface area contributed by atoms with Gasteiger partial charge < -0.3 is 19.7 Å². The quantitative estimate of drug-likeness (QED) is 0.351. The van der Waals surface area contributed by atoms with E-state index in [4.69, 9.17) is 19.7 Å². The van der Waals surface area contributed by atoms with Gasteiger partial charge in [-0.15, -0.1) is 11.8 Å². The predicted octanol–water partition coefficient (Wildman–Crippen LogP) is 5.34. The van der Waals surface area contributed by atoms with Crippen LogP contribution in [0.1, 0.15) is 57.9 Å². The molecule has 2 N–H and O–H groups in total. The van der Waals surface area contributed by atoms with Crippen molar-refractivity contribution < 1.29 is 29.3 Å². The van der Waals surface area contributed by atoms with Crippen molar-refractivity contribution in [2.75, 3.05) is 24.7 Å². The van der Waals surface area contributed by atoms with Crippen LogP contribution in [-0.2, 0) is 20.7 Å². The Bertz CT molecular complexity index is 640. The summed E-state index contributed by atoms with van der Waals surface area (Å²) in [6.07, 6.45) is 5.46. The molecule has 0 aromatic heterocycles. The minimum atomic E-state index is -0.745. The molecule has 1 heterocycles. The number of carboxylic acid groups (broad SMARTS) is 2. The zero-order chi connectivity index (χ0) is 22.9. The highest BCUT2D eigenvalue weighted by molar-refractivity contribution is 8.03. The standard InChI is InChI=1S/C20H30O4S2.C3H6O2/c1-2-7-16-8-3-4-9-18(16)23-12-5-6-13-25-15-17-14-24-20(26-17)11-10-19(21)22;1-2-3(4)5/h3-4,8-9,17,20H,2,5-7,10-15H2,1H3,(H,21,22);2H2,1H3,(H,4,5). The first-order valence-electron chi connectivity index (χ1n) is 10.9. The third-order valence-electron chi connectivity index (χ3n) is 4.44. The maximum absolute atomic E-state index is 10.6. The fourth-order valence-electron chi connectivity index (χ4n) is 2.81. The lowest BCUT2D eigenvalue weighted by molar-refractivity contribution is -0.138. The minimum absolute atomic E-state index is 0.0632. The van der Waals surface area contributed by atoms with Gasteiger partial charge >= 0.3 is 11.9 Å². The number of ether oxygens (including phenoxy) is 2. The van der Waals surface area contributed by atoms with Gasteiger partial charge in [-0.2, -0.15) is 11.8 Å². The van der Waals surface area contributed by atoms with Crippen molar-refractivity contribution in [1.82, 2.24) is 0 Å². The molecule has 8 heteroatoms. The Balaban J connectivity index is 0.000000861. The van der Waals surface area contributed by atoms with Crippen molar-refractivity contribution in [2.24, 2.45) is 0 Å². The number of thioether (sulfide) groups is 2. The van der Waals surface area contributed by atoms with Gasteiger partial charge in [0.2, 0.25) is 0 Å². The molecule has 0 radical (unpaired) electrons. The van der Waals surface area contributed by atoms with Crippen molar-refractivity contribution in [2.45, 2.75) is 69.5 Å². The van der Waals surface area contributed by atoms with Crippen molar-refractivity contribution in [3.05, 3.63) is 29.8 Å². The summed E-state index contributed by atoms with van der Waals surface area (Å²) in [5, 5.41) is 16.9. The SMILES string of the molecule is CCC(=O)O.CCCc1ccccc1OCCCCSCC1COC(CCC(=O)O)S1. The second-order valence-corrected chi connectivity index (χ2v) is 9.80. The topological polar surface area (TPSA) is 93.1 Å².